The van der Waals surface area contributed by atoms with Gasteiger partial charge in [0.05, 0.1) is 6.21 Å². The molecular formula is C23H24F3N5O6. The van der Waals surface area contributed by atoms with Crippen LogP contribution in [0.3, 0.4) is 0 Å². The van der Waals surface area contributed by atoms with E-state index in [1.165, 1.54) is 6.21 Å². The van der Waals surface area contributed by atoms with Crippen molar-refractivity contribution in [2.75, 3.05) is 16.8 Å². The minimum absolute atomic E-state index is 0.0354. The average Bonchev–Trinajstić information content (AvgIpc) is 3.18. The lowest BCUT2D eigenvalue weighted by atomic mass is 10.1. The molecule has 0 bridgehead atoms. The largest absolute Gasteiger partial charge is 0.490 e. The van der Waals surface area contributed by atoms with Crippen LogP contribution in [0.5, 0.6) is 0 Å². The average molecular weight is 523 g/mol. The van der Waals surface area contributed by atoms with Crippen LogP contribution in [-0.4, -0.2) is 59.1 Å². The van der Waals surface area contributed by atoms with Gasteiger partial charge in [-0.15, -0.1) is 0 Å². The molecule has 0 radical (unpaired) electrons. The van der Waals surface area contributed by atoms with E-state index in [0.717, 1.165) is 16.8 Å². The first-order chi connectivity index (χ1) is 17.4. The van der Waals surface area contributed by atoms with Gasteiger partial charge in [0.1, 0.15) is 6.04 Å². The number of rotatable bonds is 7. The molecule has 1 atom stereocenters. The summed E-state index contributed by atoms with van der Waals surface area (Å²) in [5, 5.41) is 24.9. The maximum absolute atomic E-state index is 12.7. The van der Waals surface area contributed by atoms with E-state index < -0.39 is 30.2 Å². The molecule has 0 saturated carbocycles. The van der Waals surface area contributed by atoms with Gasteiger partial charge in [-0.05, 0) is 42.2 Å². The van der Waals surface area contributed by atoms with Crippen LogP contribution in [0, 0.1) is 0 Å². The summed E-state index contributed by atoms with van der Waals surface area (Å²) in [6.45, 7) is 0.489. The maximum atomic E-state index is 12.7. The number of benzene rings is 2. The Labute approximate surface area is 208 Å². The Morgan fingerprint density at radius 2 is 1.73 bits per heavy atom. The second-order valence-electron chi connectivity index (χ2n) is 7.65. The molecule has 0 spiro atoms. The molecule has 198 valence electrons. The third-order valence-corrected chi connectivity index (χ3v) is 5.06. The Balaban J connectivity index is 0.000000604. The molecule has 14 heteroatoms. The van der Waals surface area contributed by atoms with Crippen molar-refractivity contribution in [3.05, 3.63) is 59.7 Å². The van der Waals surface area contributed by atoms with Crippen LogP contribution >= 0.6 is 0 Å². The number of aliphatic carboxylic acids is 2. The zero-order chi connectivity index (χ0) is 27.6. The smallest absolute Gasteiger partial charge is 0.481 e. The number of hydrogen-bond donors (Lipinski definition) is 5. The maximum Gasteiger partial charge on any atom is 0.490 e. The number of para-hydroxylation sites is 1. The molecule has 1 heterocycles. The van der Waals surface area contributed by atoms with Crippen molar-refractivity contribution in [2.24, 2.45) is 10.9 Å². The van der Waals surface area contributed by atoms with Crippen molar-refractivity contribution in [2.45, 2.75) is 31.5 Å². The first kappa shape index (κ1) is 28.6. The molecule has 1 saturated heterocycles. The third kappa shape index (κ3) is 8.83. The van der Waals surface area contributed by atoms with Gasteiger partial charge in [0.2, 0.25) is 5.91 Å². The van der Waals surface area contributed by atoms with Gasteiger partial charge in [-0.3, -0.25) is 9.59 Å². The molecule has 0 unspecified atom stereocenters. The summed E-state index contributed by atoms with van der Waals surface area (Å²) in [4.78, 5) is 46.5. The van der Waals surface area contributed by atoms with Crippen LogP contribution in [0.15, 0.2) is 53.6 Å². The number of carbonyl (C=O) groups is 4. The Hall–Kier alpha value is -4.62. The van der Waals surface area contributed by atoms with Gasteiger partial charge in [-0.1, -0.05) is 30.3 Å². The highest BCUT2D eigenvalue weighted by molar-refractivity contribution is 6.02. The number of halogens is 3. The number of carboxylic acid groups (broad SMARTS) is 2. The molecule has 3 rings (SSSR count). The summed E-state index contributed by atoms with van der Waals surface area (Å²) in [5.74, 6) is 1.28. The van der Waals surface area contributed by atoms with Crippen molar-refractivity contribution < 1.29 is 42.6 Å². The Kier molecular flexibility index (Phi) is 9.98. The highest BCUT2D eigenvalue weighted by Gasteiger charge is 2.38. The van der Waals surface area contributed by atoms with E-state index in [0.29, 0.717) is 25.1 Å². The van der Waals surface area contributed by atoms with Gasteiger partial charge < -0.3 is 31.6 Å². The monoisotopic (exact) mass is 523 g/mol. The minimum Gasteiger partial charge on any atom is -0.481 e. The Bertz CT molecular complexity index is 1150. The summed E-state index contributed by atoms with van der Waals surface area (Å²) >= 11 is 0. The summed E-state index contributed by atoms with van der Waals surface area (Å²) < 4.78 is 31.7. The molecule has 0 aliphatic carbocycles. The zero-order valence-electron chi connectivity index (χ0n) is 19.2. The Morgan fingerprint density at radius 3 is 2.30 bits per heavy atom. The fourth-order valence-electron chi connectivity index (χ4n) is 3.32. The van der Waals surface area contributed by atoms with E-state index in [9.17, 15) is 27.6 Å². The number of alkyl halides is 3. The number of hydrazone groups is 1. The second-order valence-corrected chi connectivity index (χ2v) is 7.65. The van der Waals surface area contributed by atoms with E-state index in [2.05, 4.69) is 15.7 Å². The van der Waals surface area contributed by atoms with Crippen LogP contribution in [-0.2, 0) is 20.8 Å². The second kappa shape index (κ2) is 12.9. The molecule has 0 aromatic heterocycles. The zero-order valence-corrected chi connectivity index (χ0v) is 19.2. The number of amides is 3. The van der Waals surface area contributed by atoms with Gasteiger partial charge in [0, 0.05) is 24.3 Å². The van der Waals surface area contributed by atoms with Gasteiger partial charge >= 0.3 is 24.1 Å². The quantitative estimate of drug-likeness (QED) is 0.211. The summed E-state index contributed by atoms with van der Waals surface area (Å²) in [6.07, 6.45) is -2.82. The van der Waals surface area contributed by atoms with Crippen LogP contribution in [0.1, 0.15) is 24.0 Å². The van der Waals surface area contributed by atoms with Gasteiger partial charge in [0.15, 0.2) is 0 Å². The van der Waals surface area contributed by atoms with Crippen molar-refractivity contribution in [3.63, 3.8) is 0 Å². The van der Waals surface area contributed by atoms with E-state index in [4.69, 9.17) is 20.9 Å². The lowest BCUT2D eigenvalue weighted by Crippen LogP contribution is -2.43. The summed E-state index contributed by atoms with van der Waals surface area (Å²) in [5.41, 5.74) is 2.80. The molecule has 1 aliphatic rings. The molecule has 1 aliphatic heterocycles. The lowest BCUT2D eigenvalue weighted by Gasteiger charge is -2.18. The normalized spacial score (nSPS) is 15.2. The third-order valence-electron chi connectivity index (χ3n) is 5.06. The molecule has 2 aromatic carbocycles. The standard InChI is InChI=1S/C21H23N5O4.C2HF3O2/c22-23-13-14-5-8-16(9-6-14)26-12-11-18(20(26)29)25-21(30)24-17-4-2-1-3-15(17)7-10-19(27)28;3-2(4,5)1(6)7/h1-6,8-9,13,18H,7,10-12,22H2,(H,27,28)(H2,24,25,30);(H,6,7)/t18-;/m0./s1. The van der Waals surface area contributed by atoms with E-state index >= 15 is 0 Å². The van der Waals surface area contributed by atoms with Gasteiger partial charge in [0.25, 0.3) is 0 Å². The minimum atomic E-state index is -5.08. The number of nitrogens with one attached hydrogen (secondary N) is 2. The lowest BCUT2D eigenvalue weighted by molar-refractivity contribution is -0.192. The van der Waals surface area contributed by atoms with Crippen molar-refractivity contribution in [1.29, 1.82) is 0 Å². The molecule has 6 N–H and O–H groups in total. The fraction of sp³-hybridized carbons (Fsp3) is 0.261. The number of urea groups is 1. The molecular weight excluding hydrogens is 499 g/mol. The predicted molar refractivity (Wildman–Crippen MR) is 127 cm³/mol. The highest BCUT2D eigenvalue weighted by atomic mass is 19.4. The van der Waals surface area contributed by atoms with E-state index in [-0.39, 0.29) is 12.3 Å². The fourth-order valence-corrected chi connectivity index (χ4v) is 3.32. The molecule has 1 fully saturated rings. The molecule has 2 aromatic rings. The topological polar surface area (TPSA) is 174 Å². The number of hydrogen-bond acceptors (Lipinski definition) is 6. The summed E-state index contributed by atoms with van der Waals surface area (Å²) in [6, 6.07) is 13.1. The van der Waals surface area contributed by atoms with E-state index in [1.807, 2.05) is 0 Å². The van der Waals surface area contributed by atoms with Gasteiger partial charge in [-0.2, -0.15) is 18.3 Å². The van der Waals surface area contributed by atoms with Crippen molar-refractivity contribution in [1.82, 2.24) is 5.32 Å². The number of carboxylic acids is 2. The number of aryl methyl sites for hydroxylation is 1. The van der Waals surface area contributed by atoms with Gasteiger partial charge in [-0.25, -0.2) is 9.59 Å². The van der Waals surface area contributed by atoms with Crippen LogP contribution in [0.2, 0.25) is 0 Å². The molecule has 11 nitrogen and oxygen atoms in total. The number of nitrogens with zero attached hydrogens (tertiary/aromatic N) is 2. The predicted octanol–water partition coefficient (Wildman–Crippen LogP) is 2.56. The number of anilines is 2. The van der Waals surface area contributed by atoms with E-state index in [1.54, 1.807) is 53.4 Å². The first-order valence-corrected chi connectivity index (χ1v) is 10.7. The summed E-state index contributed by atoms with van der Waals surface area (Å²) in [7, 11) is 0. The highest BCUT2D eigenvalue weighted by Crippen LogP contribution is 2.22. The van der Waals surface area contributed by atoms with Crippen LogP contribution in [0.4, 0.5) is 29.3 Å². The number of carbonyl (C=O) groups excluding carboxylic acids is 2. The van der Waals surface area contributed by atoms with Crippen LogP contribution in [0.25, 0.3) is 0 Å². The molecule has 37 heavy (non-hydrogen) atoms. The van der Waals surface area contributed by atoms with Crippen molar-refractivity contribution >= 4 is 41.5 Å². The first-order valence-electron chi connectivity index (χ1n) is 10.7. The molecule has 3 amide bonds. The Morgan fingerprint density at radius 1 is 1.11 bits per heavy atom. The number of nitrogens with two attached hydrogens (primary N) is 1. The SMILES string of the molecule is NN=Cc1ccc(N2CC[C@H](NC(=O)Nc3ccccc3CCC(=O)O)C2=O)cc1.O=C(O)C(F)(F)F. The van der Waals surface area contributed by atoms with Crippen molar-refractivity contribution in [3.8, 4) is 0 Å². The van der Waals surface area contributed by atoms with Crippen LogP contribution < -0.4 is 21.4 Å².